The zero-order chi connectivity index (χ0) is 9.42. The van der Waals surface area contributed by atoms with Crippen LogP contribution in [0.4, 0.5) is 0 Å². The second-order valence-corrected chi connectivity index (χ2v) is 5.13. The van der Waals surface area contributed by atoms with E-state index < -0.39 is 0 Å². The summed E-state index contributed by atoms with van der Waals surface area (Å²) in [5.41, 5.74) is 0.741. The molecule has 0 aliphatic carbocycles. The summed E-state index contributed by atoms with van der Waals surface area (Å²) < 4.78 is 2.52. The van der Waals surface area contributed by atoms with E-state index >= 15 is 0 Å². The van der Waals surface area contributed by atoms with E-state index in [0.717, 1.165) is 5.56 Å². The molecule has 0 unspecified atom stereocenters. The molecule has 0 saturated heterocycles. The van der Waals surface area contributed by atoms with Crippen molar-refractivity contribution < 1.29 is 0 Å². The SMILES string of the molecule is Cc1sc2cc(C#N)ccc2c1I. The summed E-state index contributed by atoms with van der Waals surface area (Å²) in [6.07, 6.45) is 0. The second kappa shape index (κ2) is 3.28. The van der Waals surface area contributed by atoms with E-state index in [2.05, 4.69) is 35.6 Å². The molecule has 1 aromatic heterocycles. The first kappa shape index (κ1) is 8.97. The van der Waals surface area contributed by atoms with Crippen LogP contribution in [0.5, 0.6) is 0 Å². The molecule has 0 N–H and O–H groups in total. The Morgan fingerprint density at radius 2 is 2.23 bits per heavy atom. The number of hydrogen-bond acceptors (Lipinski definition) is 2. The smallest absolute Gasteiger partial charge is 0.0992 e. The van der Waals surface area contributed by atoms with Crippen molar-refractivity contribution in [1.82, 2.24) is 0 Å². The molecule has 0 radical (unpaired) electrons. The van der Waals surface area contributed by atoms with Gasteiger partial charge in [-0.25, -0.2) is 0 Å². The van der Waals surface area contributed by atoms with E-state index in [-0.39, 0.29) is 0 Å². The number of nitriles is 1. The van der Waals surface area contributed by atoms with Crippen molar-refractivity contribution in [3.05, 3.63) is 32.2 Å². The fraction of sp³-hybridized carbons (Fsp3) is 0.100. The van der Waals surface area contributed by atoms with Gasteiger partial charge in [0, 0.05) is 18.5 Å². The van der Waals surface area contributed by atoms with Gasteiger partial charge < -0.3 is 0 Å². The molecule has 64 valence electrons. The molecule has 0 spiro atoms. The molecule has 1 heterocycles. The first-order chi connectivity index (χ1) is 6.22. The Balaban J connectivity index is 2.82. The summed E-state index contributed by atoms with van der Waals surface area (Å²) in [5.74, 6) is 0. The standard InChI is InChI=1S/C10H6INS/c1-6-10(11)8-3-2-7(5-12)4-9(8)13-6/h2-4H,1H3. The van der Waals surface area contributed by atoms with Crippen molar-refractivity contribution in [2.24, 2.45) is 0 Å². The molecule has 3 heteroatoms. The third-order valence-corrected chi connectivity index (χ3v) is 4.74. The maximum Gasteiger partial charge on any atom is 0.0992 e. The predicted octanol–water partition coefficient (Wildman–Crippen LogP) is 3.69. The molecule has 1 aromatic carbocycles. The monoisotopic (exact) mass is 299 g/mol. The molecule has 2 rings (SSSR count). The van der Waals surface area contributed by atoms with E-state index in [9.17, 15) is 0 Å². The highest BCUT2D eigenvalue weighted by Gasteiger charge is 2.05. The Morgan fingerprint density at radius 3 is 2.92 bits per heavy atom. The first-order valence-electron chi connectivity index (χ1n) is 3.81. The number of benzene rings is 1. The van der Waals surface area contributed by atoms with Gasteiger partial charge in [0.1, 0.15) is 0 Å². The largest absolute Gasteiger partial charge is 0.192 e. The van der Waals surface area contributed by atoms with Crippen LogP contribution in [0.3, 0.4) is 0 Å². The van der Waals surface area contributed by atoms with Crippen molar-refractivity contribution in [2.45, 2.75) is 6.92 Å². The zero-order valence-corrected chi connectivity index (χ0v) is 9.94. The lowest BCUT2D eigenvalue weighted by Crippen LogP contribution is -1.72. The number of fused-ring (bicyclic) bond motifs is 1. The number of aryl methyl sites for hydroxylation is 1. The molecule has 0 amide bonds. The van der Waals surface area contributed by atoms with Gasteiger partial charge in [-0.15, -0.1) is 11.3 Å². The highest BCUT2D eigenvalue weighted by molar-refractivity contribution is 14.1. The van der Waals surface area contributed by atoms with Gasteiger partial charge in [-0.3, -0.25) is 0 Å². The summed E-state index contributed by atoms with van der Waals surface area (Å²) in [6, 6.07) is 8.00. The zero-order valence-electron chi connectivity index (χ0n) is 6.97. The average Bonchev–Trinajstić information content (AvgIpc) is 2.42. The van der Waals surface area contributed by atoms with Crippen LogP contribution in [0.15, 0.2) is 18.2 Å². The molecule has 0 aliphatic rings. The molecular weight excluding hydrogens is 293 g/mol. The van der Waals surface area contributed by atoms with Gasteiger partial charge in [-0.2, -0.15) is 5.26 Å². The van der Waals surface area contributed by atoms with E-state index in [1.54, 1.807) is 11.3 Å². The minimum atomic E-state index is 0.741. The lowest BCUT2D eigenvalue weighted by molar-refractivity contribution is 1.50. The molecular formula is C10H6INS. The Bertz CT molecular complexity index is 507. The predicted molar refractivity (Wildman–Crippen MR) is 64.0 cm³/mol. The van der Waals surface area contributed by atoms with Gasteiger partial charge in [-0.1, -0.05) is 6.07 Å². The molecule has 0 bridgehead atoms. The molecule has 1 nitrogen and oxygen atoms in total. The lowest BCUT2D eigenvalue weighted by Gasteiger charge is -1.90. The van der Waals surface area contributed by atoms with Gasteiger partial charge >= 0.3 is 0 Å². The number of halogens is 1. The topological polar surface area (TPSA) is 23.8 Å². The fourth-order valence-electron chi connectivity index (χ4n) is 1.26. The normalized spacial score (nSPS) is 10.2. The van der Waals surface area contributed by atoms with Gasteiger partial charge in [0.15, 0.2) is 0 Å². The lowest BCUT2D eigenvalue weighted by atomic mass is 10.2. The van der Waals surface area contributed by atoms with E-state index in [1.807, 2.05) is 18.2 Å². The first-order valence-corrected chi connectivity index (χ1v) is 5.70. The Hall–Kier alpha value is -0.600. The Morgan fingerprint density at radius 1 is 1.46 bits per heavy atom. The third-order valence-electron chi connectivity index (χ3n) is 1.92. The molecule has 0 atom stereocenters. The number of thiophene rings is 1. The minimum Gasteiger partial charge on any atom is -0.192 e. The van der Waals surface area contributed by atoms with Crippen LogP contribution in [0.2, 0.25) is 0 Å². The van der Waals surface area contributed by atoms with Crippen LogP contribution in [0.25, 0.3) is 10.1 Å². The Kier molecular flexibility index (Phi) is 2.26. The van der Waals surface area contributed by atoms with Crippen LogP contribution in [-0.2, 0) is 0 Å². The van der Waals surface area contributed by atoms with Crippen LogP contribution in [0.1, 0.15) is 10.4 Å². The van der Waals surface area contributed by atoms with Gasteiger partial charge in [0.05, 0.1) is 11.6 Å². The third kappa shape index (κ3) is 1.45. The maximum absolute atomic E-state index is 8.73. The molecule has 0 aliphatic heterocycles. The Labute approximate surface area is 94.1 Å². The fourth-order valence-corrected chi connectivity index (χ4v) is 3.24. The molecule has 2 aromatic rings. The van der Waals surface area contributed by atoms with Crippen molar-refractivity contribution in [3.8, 4) is 6.07 Å². The summed E-state index contributed by atoms with van der Waals surface area (Å²) in [7, 11) is 0. The van der Waals surface area contributed by atoms with Gasteiger partial charge in [0.2, 0.25) is 0 Å². The highest BCUT2D eigenvalue weighted by atomic mass is 127. The van der Waals surface area contributed by atoms with E-state index in [4.69, 9.17) is 5.26 Å². The van der Waals surface area contributed by atoms with Crippen molar-refractivity contribution in [3.63, 3.8) is 0 Å². The number of hydrogen-bond donors (Lipinski definition) is 0. The molecule has 0 saturated carbocycles. The minimum absolute atomic E-state index is 0.741. The van der Waals surface area contributed by atoms with Crippen molar-refractivity contribution >= 4 is 44.0 Å². The van der Waals surface area contributed by atoms with E-state index in [1.165, 1.54) is 18.5 Å². The summed E-state index contributed by atoms with van der Waals surface area (Å²) in [6.45, 7) is 2.11. The van der Waals surface area contributed by atoms with Crippen molar-refractivity contribution in [2.75, 3.05) is 0 Å². The second-order valence-electron chi connectivity index (χ2n) is 2.79. The summed E-state index contributed by atoms with van der Waals surface area (Å²) >= 11 is 4.10. The molecule has 13 heavy (non-hydrogen) atoms. The average molecular weight is 299 g/mol. The summed E-state index contributed by atoms with van der Waals surface area (Å²) in [5, 5.41) is 9.99. The molecule has 0 fully saturated rings. The highest BCUT2D eigenvalue weighted by Crippen LogP contribution is 2.32. The van der Waals surface area contributed by atoms with Crippen LogP contribution in [-0.4, -0.2) is 0 Å². The van der Waals surface area contributed by atoms with Crippen LogP contribution in [0, 0.1) is 21.8 Å². The van der Waals surface area contributed by atoms with Gasteiger partial charge in [0.25, 0.3) is 0 Å². The van der Waals surface area contributed by atoms with Crippen LogP contribution >= 0.6 is 33.9 Å². The van der Waals surface area contributed by atoms with Crippen LogP contribution < -0.4 is 0 Å². The van der Waals surface area contributed by atoms with E-state index in [0.29, 0.717) is 0 Å². The number of rotatable bonds is 0. The summed E-state index contributed by atoms with van der Waals surface area (Å²) in [4.78, 5) is 1.32. The maximum atomic E-state index is 8.73. The quantitative estimate of drug-likeness (QED) is 0.681. The number of nitrogens with zero attached hydrogens (tertiary/aromatic N) is 1. The van der Waals surface area contributed by atoms with Gasteiger partial charge in [-0.05, 0) is 41.6 Å². The van der Waals surface area contributed by atoms with Crippen molar-refractivity contribution in [1.29, 1.82) is 5.26 Å².